The zero-order chi connectivity index (χ0) is 16.3. The first kappa shape index (κ1) is 15.3. The van der Waals surface area contributed by atoms with Gasteiger partial charge in [0.1, 0.15) is 5.69 Å². The number of carbonyl (C=O) groups excluding carboxylic acids is 1. The fourth-order valence-corrected chi connectivity index (χ4v) is 1.86. The maximum Gasteiger partial charge on any atom is 0.330 e. The van der Waals surface area contributed by atoms with Gasteiger partial charge in [-0.2, -0.15) is 0 Å². The first-order valence-electron chi connectivity index (χ1n) is 6.53. The van der Waals surface area contributed by atoms with E-state index in [9.17, 15) is 14.4 Å². The van der Waals surface area contributed by atoms with Crippen molar-refractivity contribution in [3.8, 4) is 11.8 Å². The van der Waals surface area contributed by atoms with Gasteiger partial charge in [-0.15, -0.1) is 0 Å². The summed E-state index contributed by atoms with van der Waals surface area (Å²) in [6.45, 7) is 0. The molecule has 1 heterocycles. The van der Waals surface area contributed by atoms with Crippen molar-refractivity contribution < 1.29 is 4.79 Å². The van der Waals surface area contributed by atoms with E-state index in [1.807, 2.05) is 18.2 Å². The maximum atomic E-state index is 12.1. The molecular weight excluding hydrogens is 282 g/mol. The lowest BCUT2D eigenvalue weighted by atomic mass is 10.2. The van der Waals surface area contributed by atoms with E-state index in [0.29, 0.717) is 5.56 Å². The van der Waals surface area contributed by atoms with Gasteiger partial charge >= 0.3 is 11.6 Å². The molecule has 0 aliphatic heterocycles. The molecule has 1 aromatic heterocycles. The summed E-state index contributed by atoms with van der Waals surface area (Å²) >= 11 is 0. The van der Waals surface area contributed by atoms with Gasteiger partial charge in [-0.3, -0.25) is 19.1 Å². The smallest absolute Gasteiger partial charge is 0.301 e. The number of hydrogen-bond donors (Lipinski definition) is 0. The Morgan fingerprint density at radius 1 is 1.14 bits per heavy atom. The van der Waals surface area contributed by atoms with Gasteiger partial charge in [-0.1, -0.05) is 24.1 Å². The minimum atomic E-state index is -0.541. The third-order valence-corrected chi connectivity index (χ3v) is 3.18. The molecule has 1 amide bonds. The SMILES string of the molecule is CN(C(=O)C#Cc1ccccc1)c1cn(C)c(=O)n(C)c1=O. The average Bonchev–Trinajstić information content (AvgIpc) is 2.54. The first-order valence-corrected chi connectivity index (χ1v) is 6.53. The zero-order valence-electron chi connectivity index (χ0n) is 12.5. The predicted molar refractivity (Wildman–Crippen MR) is 83.7 cm³/mol. The molecule has 1 aromatic carbocycles. The number of carbonyl (C=O) groups is 1. The van der Waals surface area contributed by atoms with Crippen molar-refractivity contribution in [2.75, 3.05) is 11.9 Å². The highest BCUT2D eigenvalue weighted by atomic mass is 16.2. The molecule has 0 aliphatic carbocycles. The summed E-state index contributed by atoms with van der Waals surface area (Å²) in [5, 5.41) is 0. The lowest BCUT2D eigenvalue weighted by Crippen LogP contribution is -2.41. The van der Waals surface area contributed by atoms with Crippen molar-refractivity contribution in [2.24, 2.45) is 14.1 Å². The molecule has 0 radical (unpaired) electrons. The molecule has 0 aliphatic rings. The number of rotatable bonds is 1. The van der Waals surface area contributed by atoms with Gasteiger partial charge < -0.3 is 4.57 Å². The monoisotopic (exact) mass is 297 g/mol. The minimum Gasteiger partial charge on any atom is -0.301 e. The van der Waals surface area contributed by atoms with Crippen LogP contribution in [0.4, 0.5) is 5.69 Å². The predicted octanol–water partition coefficient (Wildman–Crippen LogP) is 0.0985. The first-order chi connectivity index (χ1) is 10.4. The van der Waals surface area contributed by atoms with E-state index in [1.54, 1.807) is 12.1 Å². The fourth-order valence-electron chi connectivity index (χ4n) is 1.86. The highest BCUT2D eigenvalue weighted by Gasteiger charge is 2.15. The van der Waals surface area contributed by atoms with Gasteiger partial charge in [-0.25, -0.2) is 4.79 Å². The van der Waals surface area contributed by atoms with E-state index in [2.05, 4.69) is 11.8 Å². The summed E-state index contributed by atoms with van der Waals surface area (Å²) in [7, 11) is 4.32. The third-order valence-electron chi connectivity index (χ3n) is 3.18. The summed E-state index contributed by atoms with van der Waals surface area (Å²) in [6.07, 6.45) is 1.33. The summed E-state index contributed by atoms with van der Waals surface area (Å²) in [6, 6.07) is 9.06. The van der Waals surface area contributed by atoms with E-state index < -0.39 is 17.2 Å². The lowest BCUT2D eigenvalue weighted by molar-refractivity contribution is -0.113. The minimum absolute atomic E-state index is 0.0944. The Morgan fingerprint density at radius 3 is 2.41 bits per heavy atom. The molecule has 6 nitrogen and oxygen atoms in total. The Morgan fingerprint density at radius 2 is 1.77 bits per heavy atom. The Hall–Kier alpha value is -3.07. The molecule has 2 rings (SSSR count). The van der Waals surface area contributed by atoms with Crippen LogP contribution < -0.4 is 16.1 Å². The van der Waals surface area contributed by atoms with Gasteiger partial charge in [0.2, 0.25) is 0 Å². The number of hydrogen-bond acceptors (Lipinski definition) is 3. The number of aromatic nitrogens is 2. The molecule has 0 spiro atoms. The lowest BCUT2D eigenvalue weighted by Gasteiger charge is -2.15. The molecule has 6 heteroatoms. The molecule has 2 aromatic rings. The Kier molecular flexibility index (Phi) is 4.28. The van der Waals surface area contributed by atoms with E-state index in [-0.39, 0.29) is 5.69 Å². The fraction of sp³-hybridized carbons (Fsp3) is 0.188. The zero-order valence-corrected chi connectivity index (χ0v) is 12.5. The molecule has 112 valence electrons. The van der Waals surface area contributed by atoms with Gasteiger partial charge in [0.15, 0.2) is 0 Å². The Balaban J connectivity index is 2.35. The van der Waals surface area contributed by atoms with Gasteiger partial charge in [0.25, 0.3) is 5.56 Å². The standard InChI is InChI=1S/C16H15N3O3/c1-17-11-13(15(21)19(3)16(17)22)18(2)14(20)10-9-12-7-5-4-6-8-12/h4-8,11H,1-3H3. The second-order valence-corrected chi connectivity index (χ2v) is 4.75. The summed E-state index contributed by atoms with van der Waals surface area (Å²) < 4.78 is 2.19. The Bertz CT molecular complexity index is 883. The molecule has 0 saturated heterocycles. The highest BCUT2D eigenvalue weighted by Crippen LogP contribution is 2.03. The number of benzene rings is 1. The van der Waals surface area contributed by atoms with Crippen LogP contribution in [0.3, 0.4) is 0 Å². The number of anilines is 1. The van der Waals surface area contributed by atoms with Crippen LogP contribution >= 0.6 is 0 Å². The van der Waals surface area contributed by atoms with Crippen LogP contribution in [0, 0.1) is 11.8 Å². The quantitative estimate of drug-likeness (QED) is 0.701. The summed E-state index contributed by atoms with van der Waals surface area (Å²) in [4.78, 5) is 36.9. The molecule has 0 fully saturated rings. The highest BCUT2D eigenvalue weighted by molar-refractivity contribution is 6.05. The van der Waals surface area contributed by atoms with Crippen LogP contribution in [0.2, 0.25) is 0 Å². The molecule has 0 saturated carbocycles. The largest absolute Gasteiger partial charge is 0.330 e. The van der Waals surface area contributed by atoms with Crippen molar-refractivity contribution in [1.29, 1.82) is 0 Å². The second-order valence-electron chi connectivity index (χ2n) is 4.75. The molecule has 22 heavy (non-hydrogen) atoms. The summed E-state index contributed by atoms with van der Waals surface area (Å²) in [5.41, 5.74) is -0.194. The molecule has 0 bridgehead atoms. The van der Waals surface area contributed by atoms with Crippen molar-refractivity contribution in [1.82, 2.24) is 9.13 Å². The van der Waals surface area contributed by atoms with Crippen LogP contribution in [0.15, 0.2) is 46.1 Å². The second kappa shape index (κ2) is 6.14. The number of nitrogens with zero attached hydrogens (tertiary/aromatic N) is 3. The van der Waals surface area contributed by atoms with Crippen molar-refractivity contribution in [3.05, 3.63) is 62.9 Å². The molecular formula is C16H15N3O3. The molecule has 0 N–H and O–H groups in total. The van der Waals surface area contributed by atoms with Crippen molar-refractivity contribution >= 4 is 11.6 Å². The summed E-state index contributed by atoms with van der Waals surface area (Å²) in [5.74, 6) is 4.69. The maximum absolute atomic E-state index is 12.1. The van der Waals surface area contributed by atoms with Crippen LogP contribution in [-0.4, -0.2) is 22.1 Å². The van der Waals surface area contributed by atoms with Crippen molar-refractivity contribution in [2.45, 2.75) is 0 Å². The van der Waals surface area contributed by atoms with E-state index in [1.165, 1.54) is 31.9 Å². The van der Waals surface area contributed by atoms with Crippen LogP contribution in [-0.2, 0) is 18.9 Å². The van der Waals surface area contributed by atoms with Gasteiger partial charge in [-0.05, 0) is 12.1 Å². The van der Waals surface area contributed by atoms with E-state index in [4.69, 9.17) is 0 Å². The molecule has 0 unspecified atom stereocenters. The van der Waals surface area contributed by atoms with Crippen molar-refractivity contribution in [3.63, 3.8) is 0 Å². The number of amides is 1. The van der Waals surface area contributed by atoms with Gasteiger partial charge in [0, 0.05) is 38.8 Å². The average molecular weight is 297 g/mol. The van der Waals surface area contributed by atoms with Crippen LogP contribution in [0.1, 0.15) is 5.56 Å². The molecule has 0 atom stereocenters. The van der Waals surface area contributed by atoms with Gasteiger partial charge in [0.05, 0.1) is 0 Å². The number of aryl methyl sites for hydroxylation is 1. The van der Waals surface area contributed by atoms with E-state index in [0.717, 1.165) is 9.47 Å². The normalized spacial score (nSPS) is 9.77. The third kappa shape index (κ3) is 2.99. The van der Waals surface area contributed by atoms with E-state index >= 15 is 0 Å². The Labute approximate surface area is 127 Å². The topological polar surface area (TPSA) is 64.3 Å². The van der Waals surface area contributed by atoms with Crippen LogP contribution in [0.5, 0.6) is 0 Å². The van der Waals surface area contributed by atoms with Crippen LogP contribution in [0.25, 0.3) is 0 Å².